The molecule has 0 heterocycles. The molecule has 1 nitrogen and oxygen atoms in total. The van der Waals surface area contributed by atoms with Gasteiger partial charge in [-0.2, -0.15) is 0 Å². The van der Waals surface area contributed by atoms with E-state index in [4.69, 9.17) is 5.73 Å². The molecule has 0 saturated carbocycles. The summed E-state index contributed by atoms with van der Waals surface area (Å²) in [5.41, 5.74) is 6.94. The summed E-state index contributed by atoms with van der Waals surface area (Å²) in [6.07, 6.45) is 1.24. The molecular weight excluding hydrogens is 217 g/mol. The topological polar surface area (TPSA) is 26.0 Å². The Morgan fingerprint density at radius 3 is 1.56 bits per heavy atom. The van der Waals surface area contributed by atoms with Gasteiger partial charge in [-0.3, -0.25) is 0 Å². The summed E-state index contributed by atoms with van der Waals surface area (Å²) in [6.45, 7) is 21.0. The highest BCUT2D eigenvalue weighted by Crippen LogP contribution is 2.49. The van der Waals surface area contributed by atoms with Gasteiger partial charge in [-0.15, -0.1) is 0 Å². The van der Waals surface area contributed by atoms with Crippen LogP contribution in [0.1, 0.15) is 68.7 Å². The molecule has 0 aliphatic heterocycles. The lowest BCUT2D eigenvalue weighted by Crippen LogP contribution is -2.45. The highest BCUT2D eigenvalue weighted by atomic mass is 14.7. The summed E-state index contributed by atoms with van der Waals surface area (Å²) in [6, 6.07) is 0.243. The minimum Gasteiger partial charge on any atom is -0.328 e. The Morgan fingerprint density at radius 1 is 0.944 bits per heavy atom. The Morgan fingerprint density at radius 2 is 1.33 bits per heavy atom. The van der Waals surface area contributed by atoms with E-state index < -0.39 is 0 Å². The number of hydrogen-bond acceptors (Lipinski definition) is 1. The normalized spacial score (nSPS) is 19.4. The molecule has 0 aromatic rings. The van der Waals surface area contributed by atoms with Crippen LogP contribution in [0.2, 0.25) is 5.31 Å². The van der Waals surface area contributed by atoms with Gasteiger partial charge in [-0.25, -0.2) is 0 Å². The van der Waals surface area contributed by atoms with Crippen molar-refractivity contribution < 1.29 is 0 Å². The minimum absolute atomic E-state index is 0.243. The third kappa shape index (κ3) is 4.95. The van der Waals surface area contributed by atoms with Crippen molar-refractivity contribution in [3.05, 3.63) is 0 Å². The summed E-state index contributed by atoms with van der Waals surface area (Å²) in [4.78, 5) is 0. The second-order valence-corrected chi connectivity index (χ2v) is 9.16. The van der Waals surface area contributed by atoms with E-state index in [2.05, 4.69) is 70.2 Å². The third-order valence-corrected chi connectivity index (χ3v) is 4.61. The van der Waals surface area contributed by atoms with E-state index in [0.717, 1.165) is 0 Å². The molecule has 0 aromatic carbocycles. The zero-order valence-electron chi connectivity index (χ0n) is 14.5. The van der Waals surface area contributed by atoms with Gasteiger partial charge in [0, 0.05) is 6.04 Å². The van der Waals surface area contributed by atoms with Crippen LogP contribution in [0.3, 0.4) is 0 Å². The average Bonchev–Trinajstić information content (AvgIpc) is 1.94. The SMILES string of the molecule is BC(C)(C)C(C(C)N)C(C)(C)CC(C)C(C)(C)C. The van der Waals surface area contributed by atoms with Crippen LogP contribution >= 0.6 is 0 Å². The molecule has 0 aliphatic carbocycles. The molecule has 0 spiro atoms. The van der Waals surface area contributed by atoms with Crippen LogP contribution in [0.4, 0.5) is 0 Å². The Balaban J connectivity index is 5.10. The maximum Gasteiger partial charge on any atom is 0.109 e. The molecular formula is C16H36BN. The van der Waals surface area contributed by atoms with Gasteiger partial charge in [0.1, 0.15) is 7.85 Å². The van der Waals surface area contributed by atoms with Gasteiger partial charge in [-0.05, 0) is 36.0 Å². The first-order valence-corrected chi connectivity index (χ1v) is 7.45. The van der Waals surface area contributed by atoms with Gasteiger partial charge in [0.25, 0.3) is 0 Å². The van der Waals surface area contributed by atoms with Crippen LogP contribution in [-0.4, -0.2) is 13.9 Å². The van der Waals surface area contributed by atoms with Gasteiger partial charge in [-0.1, -0.05) is 60.7 Å². The van der Waals surface area contributed by atoms with Gasteiger partial charge in [0.15, 0.2) is 0 Å². The Labute approximate surface area is 117 Å². The lowest BCUT2D eigenvalue weighted by atomic mass is 9.51. The van der Waals surface area contributed by atoms with E-state index in [9.17, 15) is 0 Å². The molecule has 0 aromatic heterocycles. The van der Waals surface area contributed by atoms with E-state index >= 15 is 0 Å². The van der Waals surface area contributed by atoms with Crippen molar-refractivity contribution in [2.24, 2.45) is 28.4 Å². The molecule has 0 amide bonds. The summed E-state index contributed by atoms with van der Waals surface area (Å²) in [5.74, 6) is 1.24. The first-order chi connectivity index (χ1) is 7.69. The fraction of sp³-hybridized carbons (Fsp3) is 1.00. The fourth-order valence-electron chi connectivity index (χ4n) is 3.89. The summed E-state index contributed by atoms with van der Waals surface area (Å²) in [5, 5.41) is 0.259. The van der Waals surface area contributed by atoms with E-state index in [1.165, 1.54) is 6.42 Å². The first kappa shape index (κ1) is 18.0. The maximum atomic E-state index is 6.29. The van der Waals surface area contributed by atoms with Crippen LogP contribution < -0.4 is 5.73 Å². The molecule has 0 fully saturated rings. The van der Waals surface area contributed by atoms with E-state index in [0.29, 0.717) is 17.3 Å². The molecule has 18 heavy (non-hydrogen) atoms. The molecule has 0 rings (SSSR count). The lowest BCUT2D eigenvalue weighted by Gasteiger charge is -2.48. The van der Waals surface area contributed by atoms with E-state index in [1.807, 2.05) is 0 Å². The molecule has 3 unspecified atom stereocenters. The molecule has 0 saturated heterocycles. The second-order valence-electron chi connectivity index (χ2n) is 9.16. The Hall–Kier alpha value is 0.0249. The molecule has 0 radical (unpaired) electrons. The number of rotatable bonds is 5. The largest absolute Gasteiger partial charge is 0.328 e. The molecule has 0 bridgehead atoms. The Bertz CT molecular complexity index is 255. The fourth-order valence-corrected chi connectivity index (χ4v) is 3.89. The van der Waals surface area contributed by atoms with Crippen molar-refractivity contribution in [1.29, 1.82) is 0 Å². The van der Waals surface area contributed by atoms with Crippen molar-refractivity contribution in [2.45, 2.75) is 80.1 Å². The standard InChI is InChI=1S/C16H36BN/c1-11(14(3,4)5)10-15(6,7)13(12(2)18)16(8,9)17/h11-13H,10,17-18H2,1-9H3. The van der Waals surface area contributed by atoms with Gasteiger partial charge >= 0.3 is 0 Å². The lowest BCUT2D eigenvalue weighted by molar-refractivity contribution is 0.0793. The average molecular weight is 253 g/mol. The Kier molecular flexibility index (Phi) is 5.57. The van der Waals surface area contributed by atoms with Crippen molar-refractivity contribution >= 4 is 7.85 Å². The predicted molar refractivity (Wildman–Crippen MR) is 86.7 cm³/mol. The highest BCUT2D eigenvalue weighted by Gasteiger charge is 2.41. The number of hydrogen-bond donors (Lipinski definition) is 1. The van der Waals surface area contributed by atoms with Gasteiger partial charge < -0.3 is 5.73 Å². The minimum atomic E-state index is 0.243. The summed E-state index contributed by atoms with van der Waals surface area (Å²) in [7, 11) is 2.32. The first-order valence-electron chi connectivity index (χ1n) is 7.45. The molecule has 2 heteroatoms. The van der Waals surface area contributed by atoms with Crippen LogP contribution in [-0.2, 0) is 0 Å². The number of nitrogens with two attached hydrogens (primary N) is 1. The second kappa shape index (κ2) is 5.57. The van der Waals surface area contributed by atoms with Crippen molar-refractivity contribution in [1.82, 2.24) is 0 Å². The van der Waals surface area contributed by atoms with Crippen molar-refractivity contribution in [3.8, 4) is 0 Å². The monoisotopic (exact) mass is 253 g/mol. The van der Waals surface area contributed by atoms with Crippen LogP contribution in [0.5, 0.6) is 0 Å². The van der Waals surface area contributed by atoms with E-state index in [-0.39, 0.29) is 16.8 Å². The van der Waals surface area contributed by atoms with Gasteiger partial charge in [0.05, 0.1) is 0 Å². The third-order valence-electron chi connectivity index (χ3n) is 4.61. The maximum absolute atomic E-state index is 6.29. The zero-order chi connectivity index (χ0) is 14.9. The van der Waals surface area contributed by atoms with E-state index in [1.54, 1.807) is 0 Å². The summed E-state index contributed by atoms with van der Waals surface area (Å²) >= 11 is 0. The van der Waals surface area contributed by atoms with Crippen LogP contribution in [0, 0.1) is 22.7 Å². The van der Waals surface area contributed by atoms with Crippen molar-refractivity contribution in [2.75, 3.05) is 0 Å². The summed E-state index contributed by atoms with van der Waals surface area (Å²) < 4.78 is 0. The molecule has 2 N–H and O–H groups in total. The predicted octanol–water partition coefficient (Wildman–Crippen LogP) is 3.88. The quantitative estimate of drug-likeness (QED) is 0.739. The van der Waals surface area contributed by atoms with Gasteiger partial charge in [0.2, 0.25) is 0 Å². The zero-order valence-corrected chi connectivity index (χ0v) is 14.5. The smallest absolute Gasteiger partial charge is 0.109 e. The molecule has 3 atom stereocenters. The molecule has 0 aliphatic rings. The van der Waals surface area contributed by atoms with Crippen molar-refractivity contribution in [3.63, 3.8) is 0 Å². The molecule has 108 valence electrons. The van der Waals surface area contributed by atoms with Crippen LogP contribution in [0.25, 0.3) is 0 Å². The highest BCUT2D eigenvalue weighted by molar-refractivity contribution is 6.14. The van der Waals surface area contributed by atoms with Crippen LogP contribution in [0.15, 0.2) is 0 Å².